The zero-order valence-electron chi connectivity index (χ0n) is 9.65. The van der Waals surface area contributed by atoms with Gasteiger partial charge < -0.3 is 10.2 Å². The quantitative estimate of drug-likeness (QED) is 0.615. The minimum absolute atomic E-state index is 0.318. The van der Waals surface area contributed by atoms with Crippen LogP contribution in [-0.4, -0.2) is 21.4 Å². The van der Waals surface area contributed by atoms with Crippen LogP contribution >= 0.6 is 0 Å². The SMILES string of the molecule is O[C@@]12CCC=CC[C@]13CC=CC[C@]3(O)CC2. The second-order valence-corrected chi connectivity index (χ2v) is 5.74. The van der Waals surface area contributed by atoms with Crippen molar-refractivity contribution >= 4 is 0 Å². The molecule has 3 aliphatic rings. The molecule has 1 spiro atoms. The summed E-state index contributed by atoms with van der Waals surface area (Å²) in [4.78, 5) is 0. The Labute approximate surface area is 96.7 Å². The van der Waals surface area contributed by atoms with Crippen LogP contribution in [0.15, 0.2) is 24.3 Å². The molecule has 0 heterocycles. The molecule has 0 unspecified atom stereocenters. The van der Waals surface area contributed by atoms with Gasteiger partial charge in [0, 0.05) is 5.41 Å². The van der Waals surface area contributed by atoms with Gasteiger partial charge in [-0.3, -0.25) is 0 Å². The smallest absolute Gasteiger partial charge is 0.0772 e. The highest BCUT2D eigenvalue weighted by atomic mass is 16.3. The molecule has 0 saturated heterocycles. The molecule has 88 valence electrons. The third kappa shape index (κ3) is 1.09. The van der Waals surface area contributed by atoms with Crippen molar-refractivity contribution in [1.29, 1.82) is 0 Å². The third-order valence-corrected chi connectivity index (χ3v) is 5.18. The van der Waals surface area contributed by atoms with Gasteiger partial charge >= 0.3 is 0 Å². The Balaban J connectivity index is 2.11. The van der Waals surface area contributed by atoms with Gasteiger partial charge in [-0.15, -0.1) is 0 Å². The van der Waals surface area contributed by atoms with Gasteiger partial charge in [-0.1, -0.05) is 24.3 Å². The van der Waals surface area contributed by atoms with Crippen LogP contribution in [-0.2, 0) is 0 Å². The lowest BCUT2D eigenvalue weighted by Gasteiger charge is -2.50. The fourth-order valence-corrected chi connectivity index (χ4v) is 4.12. The number of rotatable bonds is 0. The predicted molar refractivity (Wildman–Crippen MR) is 62.9 cm³/mol. The van der Waals surface area contributed by atoms with Crippen molar-refractivity contribution in [2.75, 3.05) is 0 Å². The van der Waals surface area contributed by atoms with Crippen molar-refractivity contribution in [2.24, 2.45) is 5.41 Å². The summed E-state index contributed by atoms with van der Waals surface area (Å²) in [7, 11) is 0. The average Bonchev–Trinajstić information content (AvgIpc) is 2.40. The molecular weight excluding hydrogens is 200 g/mol. The highest BCUT2D eigenvalue weighted by Crippen LogP contribution is 2.62. The second-order valence-electron chi connectivity index (χ2n) is 5.74. The zero-order chi connectivity index (χ0) is 11.3. The van der Waals surface area contributed by atoms with E-state index in [-0.39, 0.29) is 5.41 Å². The Hall–Kier alpha value is -0.600. The molecule has 2 heteroatoms. The molecule has 0 amide bonds. The van der Waals surface area contributed by atoms with Crippen LogP contribution in [0.25, 0.3) is 0 Å². The number of hydrogen-bond acceptors (Lipinski definition) is 2. The zero-order valence-corrected chi connectivity index (χ0v) is 9.65. The maximum atomic E-state index is 10.9. The first-order chi connectivity index (χ1) is 7.62. The van der Waals surface area contributed by atoms with Crippen molar-refractivity contribution in [2.45, 2.75) is 56.1 Å². The van der Waals surface area contributed by atoms with Crippen LogP contribution in [0.5, 0.6) is 0 Å². The van der Waals surface area contributed by atoms with Crippen LogP contribution in [0.3, 0.4) is 0 Å². The highest BCUT2D eigenvalue weighted by molar-refractivity contribution is 5.25. The van der Waals surface area contributed by atoms with E-state index in [1.54, 1.807) is 0 Å². The molecule has 2 nitrogen and oxygen atoms in total. The Morgan fingerprint density at radius 3 is 2.12 bits per heavy atom. The Morgan fingerprint density at radius 2 is 1.31 bits per heavy atom. The minimum Gasteiger partial charge on any atom is -0.389 e. The molecule has 16 heavy (non-hydrogen) atoms. The maximum absolute atomic E-state index is 10.9. The van der Waals surface area contributed by atoms with Crippen LogP contribution in [0.1, 0.15) is 44.9 Å². The second kappa shape index (κ2) is 3.21. The largest absolute Gasteiger partial charge is 0.389 e. The van der Waals surface area contributed by atoms with E-state index in [1.807, 2.05) is 0 Å². The summed E-state index contributed by atoms with van der Waals surface area (Å²) in [6.07, 6.45) is 14.1. The van der Waals surface area contributed by atoms with Crippen molar-refractivity contribution < 1.29 is 10.2 Å². The van der Waals surface area contributed by atoms with Crippen molar-refractivity contribution in [3.05, 3.63) is 24.3 Å². The van der Waals surface area contributed by atoms with Gasteiger partial charge in [0.15, 0.2) is 0 Å². The summed E-state index contributed by atoms with van der Waals surface area (Å²) in [5.74, 6) is 0. The Morgan fingerprint density at radius 1 is 0.688 bits per heavy atom. The van der Waals surface area contributed by atoms with E-state index < -0.39 is 11.2 Å². The van der Waals surface area contributed by atoms with Gasteiger partial charge in [0.05, 0.1) is 11.2 Å². The fourth-order valence-electron chi connectivity index (χ4n) is 4.12. The number of aliphatic hydroxyl groups is 2. The number of allylic oxidation sites excluding steroid dienone is 3. The first-order valence-electron chi connectivity index (χ1n) is 6.37. The topological polar surface area (TPSA) is 40.5 Å². The van der Waals surface area contributed by atoms with Crippen LogP contribution in [0, 0.1) is 5.41 Å². The molecule has 0 aromatic rings. The lowest BCUT2D eigenvalue weighted by molar-refractivity contribution is -0.152. The predicted octanol–water partition coefficient (Wildman–Crippen LogP) is 2.32. The molecule has 0 aromatic carbocycles. The molecule has 1 fully saturated rings. The van der Waals surface area contributed by atoms with Gasteiger partial charge in [0.2, 0.25) is 0 Å². The monoisotopic (exact) mass is 220 g/mol. The van der Waals surface area contributed by atoms with Crippen LogP contribution in [0.4, 0.5) is 0 Å². The summed E-state index contributed by atoms with van der Waals surface area (Å²) in [5.41, 5.74) is -1.65. The molecule has 0 radical (unpaired) electrons. The molecule has 0 aromatic heterocycles. The van der Waals surface area contributed by atoms with Gasteiger partial charge in [-0.25, -0.2) is 0 Å². The molecular formula is C14H20O2. The summed E-state index contributed by atoms with van der Waals surface area (Å²) in [5, 5.41) is 21.8. The van der Waals surface area contributed by atoms with E-state index in [9.17, 15) is 10.2 Å². The molecule has 3 rings (SSSR count). The van der Waals surface area contributed by atoms with Gasteiger partial charge in [-0.05, 0) is 44.9 Å². The Bertz CT molecular complexity index is 360. The summed E-state index contributed by atoms with van der Waals surface area (Å²) in [6, 6.07) is 0. The minimum atomic E-state index is -0.675. The molecule has 3 atom stereocenters. The van der Waals surface area contributed by atoms with E-state index in [0.717, 1.165) is 38.5 Å². The van der Waals surface area contributed by atoms with Crippen molar-refractivity contribution in [3.63, 3.8) is 0 Å². The van der Waals surface area contributed by atoms with Crippen molar-refractivity contribution in [3.8, 4) is 0 Å². The van der Waals surface area contributed by atoms with Gasteiger partial charge in [0.25, 0.3) is 0 Å². The normalized spacial score (nSPS) is 50.9. The highest BCUT2D eigenvalue weighted by Gasteiger charge is 2.65. The molecule has 0 bridgehead atoms. The standard InChI is InChI=1S/C14H20O2/c15-13-8-3-1-2-6-12(13)7-4-5-9-14(12,16)11-10-13/h1-2,4-5,15-16H,3,6-11H2/t12-,13+,14-/m0/s1. The fraction of sp³-hybridized carbons (Fsp3) is 0.714. The lowest BCUT2D eigenvalue weighted by Crippen LogP contribution is -2.55. The lowest BCUT2D eigenvalue weighted by atomic mass is 9.59. The van der Waals surface area contributed by atoms with Crippen LogP contribution in [0.2, 0.25) is 0 Å². The maximum Gasteiger partial charge on any atom is 0.0772 e. The van der Waals surface area contributed by atoms with E-state index in [0.29, 0.717) is 6.42 Å². The molecule has 1 saturated carbocycles. The molecule has 0 aliphatic heterocycles. The Kier molecular flexibility index (Phi) is 2.11. The van der Waals surface area contributed by atoms with E-state index in [2.05, 4.69) is 24.3 Å². The van der Waals surface area contributed by atoms with E-state index in [4.69, 9.17) is 0 Å². The molecule has 2 N–H and O–H groups in total. The van der Waals surface area contributed by atoms with E-state index >= 15 is 0 Å². The third-order valence-electron chi connectivity index (χ3n) is 5.18. The summed E-state index contributed by atoms with van der Waals surface area (Å²) in [6.45, 7) is 0. The van der Waals surface area contributed by atoms with E-state index in [1.165, 1.54) is 0 Å². The summed E-state index contributed by atoms with van der Waals surface area (Å²) < 4.78 is 0. The number of hydrogen-bond donors (Lipinski definition) is 2. The van der Waals surface area contributed by atoms with Crippen molar-refractivity contribution in [1.82, 2.24) is 0 Å². The average molecular weight is 220 g/mol. The van der Waals surface area contributed by atoms with Gasteiger partial charge in [0.1, 0.15) is 0 Å². The first-order valence-corrected chi connectivity index (χ1v) is 6.37. The van der Waals surface area contributed by atoms with Crippen LogP contribution < -0.4 is 0 Å². The summed E-state index contributed by atoms with van der Waals surface area (Å²) >= 11 is 0. The van der Waals surface area contributed by atoms with Gasteiger partial charge in [-0.2, -0.15) is 0 Å². The molecule has 3 aliphatic carbocycles. The first kappa shape index (κ1) is 10.5.